The number of rotatable bonds is 6. The van der Waals surface area contributed by atoms with Crippen molar-refractivity contribution in [2.24, 2.45) is 0 Å². The lowest BCUT2D eigenvalue weighted by Gasteiger charge is -2.34. The van der Waals surface area contributed by atoms with E-state index in [-0.39, 0.29) is 24.2 Å². The highest BCUT2D eigenvalue weighted by atomic mass is 19.3. The van der Waals surface area contributed by atoms with Crippen LogP contribution in [0.5, 0.6) is 5.75 Å². The normalized spacial score (nSPS) is 16.4. The third kappa shape index (κ3) is 5.84. The van der Waals surface area contributed by atoms with Gasteiger partial charge in [-0.2, -0.15) is 5.26 Å². The van der Waals surface area contributed by atoms with Crippen LogP contribution >= 0.6 is 0 Å². The number of benzene rings is 1. The van der Waals surface area contributed by atoms with Gasteiger partial charge in [-0.05, 0) is 68.4 Å². The molecule has 1 heterocycles. The third-order valence-electron chi connectivity index (χ3n) is 5.53. The molecule has 8 heteroatoms. The van der Waals surface area contributed by atoms with E-state index in [4.69, 9.17) is 14.7 Å². The number of piperidine rings is 1. The minimum Gasteiger partial charge on any atom is -0.487 e. The number of nitriles is 1. The molecule has 0 unspecified atom stereocenters. The number of alkyl halides is 2. The second-order valence-corrected chi connectivity index (χ2v) is 9.14. The van der Waals surface area contributed by atoms with Crippen LogP contribution in [0.25, 0.3) is 6.08 Å². The van der Waals surface area contributed by atoms with Crippen molar-refractivity contribution in [3.63, 3.8) is 0 Å². The van der Waals surface area contributed by atoms with Gasteiger partial charge in [0.25, 0.3) is 6.43 Å². The molecule has 6 nitrogen and oxygen atoms in total. The summed E-state index contributed by atoms with van der Waals surface area (Å²) in [6.07, 6.45) is 0.267. The van der Waals surface area contributed by atoms with Gasteiger partial charge in [-0.15, -0.1) is 0 Å². The molecule has 1 saturated heterocycles. The molecule has 0 bridgehead atoms. The number of allylic oxidation sites excluding steroid dienone is 1. The summed E-state index contributed by atoms with van der Waals surface area (Å²) in [5, 5.41) is 8.79. The first-order valence-corrected chi connectivity index (χ1v) is 10.7. The number of likely N-dealkylation sites (tertiary alicyclic amines) is 1. The number of ketones is 1. The highest BCUT2D eigenvalue weighted by Crippen LogP contribution is 2.39. The number of ether oxygens (including phenoxy) is 2. The molecule has 172 valence electrons. The number of hydrogen-bond donors (Lipinski definition) is 0. The number of halogens is 2. The fraction of sp³-hybridized carbons (Fsp3) is 0.542. The van der Waals surface area contributed by atoms with Gasteiger partial charge < -0.3 is 14.4 Å². The Kier molecular flexibility index (Phi) is 7.17. The molecule has 0 saturated carbocycles. The molecule has 1 aromatic rings. The van der Waals surface area contributed by atoms with Crippen molar-refractivity contribution in [2.75, 3.05) is 19.7 Å². The molecule has 1 aromatic carbocycles. The lowest BCUT2D eigenvalue weighted by molar-refractivity contribution is -0.114. The Balaban J connectivity index is 1.78. The van der Waals surface area contributed by atoms with E-state index in [1.807, 2.05) is 32.9 Å². The van der Waals surface area contributed by atoms with E-state index in [2.05, 4.69) is 0 Å². The van der Waals surface area contributed by atoms with E-state index >= 15 is 0 Å². The van der Waals surface area contributed by atoms with Crippen molar-refractivity contribution in [1.29, 1.82) is 5.26 Å². The van der Waals surface area contributed by atoms with E-state index < -0.39 is 18.6 Å². The van der Waals surface area contributed by atoms with Crippen molar-refractivity contribution in [1.82, 2.24) is 4.90 Å². The third-order valence-corrected chi connectivity index (χ3v) is 5.53. The van der Waals surface area contributed by atoms with E-state index in [1.54, 1.807) is 17.0 Å². The molecule has 1 aliphatic heterocycles. The van der Waals surface area contributed by atoms with Gasteiger partial charge in [0.2, 0.25) is 0 Å². The van der Waals surface area contributed by atoms with E-state index in [0.717, 1.165) is 16.7 Å². The number of amides is 1. The molecular formula is C24H28F2N2O4. The molecule has 0 aromatic heterocycles. The first-order chi connectivity index (χ1) is 15.1. The maximum absolute atomic E-state index is 12.8. The maximum Gasteiger partial charge on any atom is 0.410 e. The van der Waals surface area contributed by atoms with Crippen LogP contribution in [0.4, 0.5) is 13.6 Å². The molecule has 32 heavy (non-hydrogen) atoms. The van der Waals surface area contributed by atoms with Gasteiger partial charge in [-0.3, -0.25) is 4.79 Å². The Morgan fingerprint density at radius 1 is 1.25 bits per heavy atom. The zero-order valence-electron chi connectivity index (χ0n) is 18.6. The van der Waals surface area contributed by atoms with Crippen LogP contribution in [-0.2, 0) is 16.0 Å². The van der Waals surface area contributed by atoms with Crippen LogP contribution in [0.15, 0.2) is 17.7 Å². The van der Waals surface area contributed by atoms with Crippen LogP contribution in [-0.4, -0.2) is 48.5 Å². The summed E-state index contributed by atoms with van der Waals surface area (Å²) in [4.78, 5) is 26.1. The minimum absolute atomic E-state index is 0.0329. The first kappa shape index (κ1) is 23.7. The summed E-state index contributed by atoms with van der Waals surface area (Å²) in [5.74, 6) is 0.182. The predicted octanol–water partition coefficient (Wildman–Crippen LogP) is 4.87. The molecule has 1 fully saturated rings. The minimum atomic E-state index is -2.60. The Labute approximate surface area is 186 Å². The predicted molar refractivity (Wildman–Crippen MR) is 115 cm³/mol. The van der Waals surface area contributed by atoms with Crippen molar-refractivity contribution in [3.8, 4) is 11.8 Å². The molecule has 2 aliphatic rings. The van der Waals surface area contributed by atoms with Crippen LogP contribution in [0.1, 0.15) is 62.6 Å². The maximum atomic E-state index is 12.8. The lowest BCUT2D eigenvalue weighted by atomic mass is 9.87. The van der Waals surface area contributed by atoms with Crippen LogP contribution in [0.2, 0.25) is 0 Å². The van der Waals surface area contributed by atoms with E-state index in [0.29, 0.717) is 43.7 Å². The van der Waals surface area contributed by atoms with Gasteiger partial charge in [0, 0.05) is 25.1 Å². The Hall–Kier alpha value is -2.95. The summed E-state index contributed by atoms with van der Waals surface area (Å²) >= 11 is 0. The monoisotopic (exact) mass is 446 g/mol. The molecule has 0 atom stereocenters. The summed E-state index contributed by atoms with van der Waals surface area (Å²) in [7, 11) is 0. The Morgan fingerprint density at radius 3 is 2.53 bits per heavy atom. The van der Waals surface area contributed by atoms with Crippen molar-refractivity contribution in [3.05, 3.63) is 34.4 Å². The van der Waals surface area contributed by atoms with E-state index in [9.17, 15) is 18.4 Å². The van der Waals surface area contributed by atoms with Crippen molar-refractivity contribution < 1.29 is 27.8 Å². The van der Waals surface area contributed by atoms with Gasteiger partial charge >= 0.3 is 6.09 Å². The molecule has 1 amide bonds. The number of carbonyl (C=O) groups excluding carboxylic acids is 2. The van der Waals surface area contributed by atoms with Crippen LogP contribution < -0.4 is 4.74 Å². The van der Waals surface area contributed by atoms with Gasteiger partial charge in [0.05, 0.1) is 12.5 Å². The average molecular weight is 446 g/mol. The summed E-state index contributed by atoms with van der Waals surface area (Å²) < 4.78 is 36.5. The first-order valence-electron chi connectivity index (χ1n) is 10.7. The van der Waals surface area contributed by atoms with Gasteiger partial charge in [0.1, 0.15) is 18.0 Å². The number of hydrogen-bond acceptors (Lipinski definition) is 5. The SMILES string of the molecule is CC(C)(C)OC(=O)N1CCC(c2cc3c(cc2OCC(F)F)C=C(C(=O)CC#N)C3)CC1. The molecule has 1 aliphatic carbocycles. The van der Waals surface area contributed by atoms with E-state index in [1.165, 1.54) is 0 Å². The average Bonchev–Trinajstić information content (AvgIpc) is 3.13. The zero-order chi connectivity index (χ0) is 23.5. The molecule has 0 N–H and O–H groups in total. The lowest BCUT2D eigenvalue weighted by Crippen LogP contribution is -2.41. The molecule has 3 rings (SSSR count). The second-order valence-electron chi connectivity index (χ2n) is 9.14. The fourth-order valence-electron chi connectivity index (χ4n) is 4.05. The highest BCUT2D eigenvalue weighted by Gasteiger charge is 2.30. The smallest absolute Gasteiger partial charge is 0.410 e. The summed E-state index contributed by atoms with van der Waals surface area (Å²) in [5.41, 5.74) is 2.46. The second kappa shape index (κ2) is 9.68. The number of fused-ring (bicyclic) bond motifs is 1. The number of nitrogens with zero attached hydrogens (tertiary/aromatic N) is 2. The topological polar surface area (TPSA) is 79.6 Å². The quantitative estimate of drug-likeness (QED) is 0.623. The Morgan fingerprint density at radius 2 is 1.94 bits per heavy atom. The zero-order valence-corrected chi connectivity index (χ0v) is 18.6. The van der Waals surface area contributed by atoms with Crippen LogP contribution in [0, 0.1) is 11.3 Å². The molecule has 0 spiro atoms. The summed E-state index contributed by atoms with van der Waals surface area (Å²) in [6, 6.07) is 5.50. The standard InChI is InChI=1S/C24H28F2N2O4/c1-24(2,3)32-23(30)28-8-5-15(6-9-28)19-12-16-10-18(20(29)4-7-27)11-17(16)13-21(19)31-14-22(25)26/h11-13,15,22H,4-6,8-10,14H2,1-3H3. The molecular weight excluding hydrogens is 418 g/mol. The fourth-order valence-corrected chi connectivity index (χ4v) is 4.05. The number of carbonyl (C=O) groups is 2. The van der Waals surface area contributed by atoms with Crippen molar-refractivity contribution in [2.45, 2.75) is 64.4 Å². The summed E-state index contributed by atoms with van der Waals surface area (Å²) in [6.45, 7) is 5.73. The highest BCUT2D eigenvalue weighted by molar-refractivity contribution is 6.02. The Bertz CT molecular complexity index is 952. The largest absolute Gasteiger partial charge is 0.487 e. The van der Waals surface area contributed by atoms with Crippen molar-refractivity contribution >= 4 is 18.0 Å². The molecule has 0 radical (unpaired) electrons. The van der Waals surface area contributed by atoms with Crippen LogP contribution in [0.3, 0.4) is 0 Å². The van der Waals surface area contributed by atoms with Gasteiger partial charge in [-0.1, -0.05) is 6.07 Å². The number of Topliss-reactive ketones (excluding diaryl/α,β-unsaturated/α-hetero) is 1. The van der Waals surface area contributed by atoms with Gasteiger partial charge in [0.15, 0.2) is 5.78 Å². The van der Waals surface area contributed by atoms with Gasteiger partial charge in [-0.25, -0.2) is 13.6 Å².